The molecule has 2 aromatic carbocycles. The third-order valence-corrected chi connectivity index (χ3v) is 5.45. The first kappa shape index (κ1) is 21.5. The summed E-state index contributed by atoms with van der Waals surface area (Å²) in [6, 6.07) is 12.0. The Balaban J connectivity index is 1.53. The Morgan fingerprint density at radius 2 is 1.91 bits per heavy atom. The summed E-state index contributed by atoms with van der Waals surface area (Å²) in [6.07, 6.45) is 2.98. The molecule has 0 aliphatic carbocycles. The second kappa shape index (κ2) is 8.42. The van der Waals surface area contributed by atoms with E-state index in [1.165, 1.54) is 12.1 Å². The Kier molecular flexibility index (Phi) is 5.65. The van der Waals surface area contributed by atoms with Gasteiger partial charge in [0.25, 0.3) is 0 Å². The van der Waals surface area contributed by atoms with E-state index in [-0.39, 0.29) is 0 Å². The maximum Gasteiger partial charge on any atom is 0.336 e. The van der Waals surface area contributed by atoms with Gasteiger partial charge in [0.15, 0.2) is 0 Å². The van der Waals surface area contributed by atoms with Crippen LogP contribution in [0, 0.1) is 0 Å². The predicted octanol–water partition coefficient (Wildman–Crippen LogP) is 4.15. The van der Waals surface area contributed by atoms with E-state index in [4.69, 9.17) is 23.4 Å². The lowest BCUT2D eigenvalue weighted by Gasteiger charge is -2.39. The predicted molar refractivity (Wildman–Crippen MR) is 119 cm³/mol. The van der Waals surface area contributed by atoms with Crippen LogP contribution in [0.25, 0.3) is 17.0 Å². The van der Waals surface area contributed by atoms with Crippen molar-refractivity contribution < 1.29 is 28.2 Å². The van der Waals surface area contributed by atoms with Crippen LogP contribution in [0.5, 0.6) is 17.2 Å². The SMILES string of the molecule is COc1ccc(/C=C/C(=O)O[C@H]2Cc3cc4ccc(=O)oc4cc3OC2(C)C)c(OC)c1. The van der Waals surface area contributed by atoms with E-state index in [9.17, 15) is 9.59 Å². The van der Waals surface area contributed by atoms with Crippen molar-refractivity contribution in [2.24, 2.45) is 0 Å². The number of esters is 1. The Morgan fingerprint density at radius 3 is 2.66 bits per heavy atom. The summed E-state index contributed by atoms with van der Waals surface area (Å²) in [4.78, 5) is 24.1. The summed E-state index contributed by atoms with van der Waals surface area (Å²) in [7, 11) is 3.13. The van der Waals surface area contributed by atoms with E-state index in [0.717, 1.165) is 16.5 Å². The summed E-state index contributed by atoms with van der Waals surface area (Å²) in [5.41, 5.74) is 0.877. The molecule has 3 aromatic rings. The molecular formula is C25H24O7. The summed E-state index contributed by atoms with van der Waals surface area (Å²) in [5.74, 6) is 1.37. The van der Waals surface area contributed by atoms with Crippen molar-refractivity contribution in [3.05, 3.63) is 70.1 Å². The average Bonchev–Trinajstić information content (AvgIpc) is 2.76. The van der Waals surface area contributed by atoms with Crippen molar-refractivity contribution >= 4 is 23.0 Å². The van der Waals surface area contributed by atoms with Crippen LogP contribution in [0.4, 0.5) is 0 Å². The molecule has 7 nitrogen and oxygen atoms in total. The number of ether oxygens (including phenoxy) is 4. The Morgan fingerprint density at radius 1 is 1.09 bits per heavy atom. The van der Waals surface area contributed by atoms with Gasteiger partial charge in [0, 0.05) is 41.6 Å². The lowest BCUT2D eigenvalue weighted by Crippen LogP contribution is -2.48. The standard InChI is InChI=1S/C25H24O7/c1-25(2)22(12-17-11-16-7-10-23(26)30-20(16)14-21(17)32-25)31-24(27)9-6-15-5-8-18(28-3)13-19(15)29-4/h5-11,13-14,22H,12H2,1-4H3/b9-6+/t22-/m0/s1. The van der Waals surface area contributed by atoms with Gasteiger partial charge in [0.05, 0.1) is 14.2 Å². The highest BCUT2D eigenvalue weighted by Crippen LogP contribution is 2.37. The first-order valence-electron chi connectivity index (χ1n) is 10.2. The number of hydrogen-bond acceptors (Lipinski definition) is 7. The summed E-state index contributed by atoms with van der Waals surface area (Å²) in [6.45, 7) is 3.71. The smallest absolute Gasteiger partial charge is 0.336 e. The van der Waals surface area contributed by atoms with Crippen LogP contribution in [-0.2, 0) is 16.0 Å². The van der Waals surface area contributed by atoms with Gasteiger partial charge < -0.3 is 23.4 Å². The highest BCUT2D eigenvalue weighted by atomic mass is 16.6. The fourth-order valence-corrected chi connectivity index (χ4v) is 3.67. The van der Waals surface area contributed by atoms with Crippen LogP contribution in [0.1, 0.15) is 25.0 Å². The third kappa shape index (κ3) is 4.32. The van der Waals surface area contributed by atoms with Gasteiger partial charge in [-0.05, 0) is 49.8 Å². The second-order valence-corrected chi connectivity index (χ2v) is 8.03. The fourth-order valence-electron chi connectivity index (χ4n) is 3.67. The van der Waals surface area contributed by atoms with Gasteiger partial charge in [-0.3, -0.25) is 0 Å². The van der Waals surface area contributed by atoms with Crippen molar-refractivity contribution in [1.29, 1.82) is 0 Å². The molecular weight excluding hydrogens is 412 g/mol. The van der Waals surface area contributed by atoms with Crippen molar-refractivity contribution in [2.45, 2.75) is 32.0 Å². The number of carbonyl (C=O) groups is 1. The number of carbonyl (C=O) groups excluding carboxylic acids is 1. The lowest BCUT2D eigenvalue weighted by molar-refractivity contribution is -0.155. The van der Waals surface area contributed by atoms with Crippen molar-refractivity contribution in [1.82, 2.24) is 0 Å². The van der Waals surface area contributed by atoms with Crippen LogP contribution in [0.15, 0.2) is 57.8 Å². The fraction of sp³-hybridized carbons (Fsp3) is 0.280. The molecule has 1 aliphatic heterocycles. The van der Waals surface area contributed by atoms with E-state index < -0.39 is 23.3 Å². The summed E-state index contributed by atoms with van der Waals surface area (Å²) >= 11 is 0. The first-order valence-corrected chi connectivity index (χ1v) is 10.2. The van der Waals surface area contributed by atoms with E-state index in [1.54, 1.807) is 50.6 Å². The number of benzene rings is 2. The highest BCUT2D eigenvalue weighted by molar-refractivity contribution is 5.88. The molecule has 0 fully saturated rings. The van der Waals surface area contributed by atoms with Crippen LogP contribution < -0.4 is 19.8 Å². The molecule has 1 aliphatic rings. The first-order chi connectivity index (χ1) is 15.3. The second-order valence-electron chi connectivity index (χ2n) is 8.03. The number of fused-ring (bicyclic) bond motifs is 2. The summed E-state index contributed by atoms with van der Waals surface area (Å²) < 4.78 is 27.6. The Labute approximate surface area is 185 Å². The van der Waals surface area contributed by atoms with Crippen LogP contribution in [0.3, 0.4) is 0 Å². The third-order valence-electron chi connectivity index (χ3n) is 5.45. The molecule has 0 amide bonds. The maximum absolute atomic E-state index is 12.6. The monoisotopic (exact) mass is 436 g/mol. The van der Waals surface area contributed by atoms with Gasteiger partial charge in [-0.15, -0.1) is 0 Å². The molecule has 4 rings (SSSR count). The largest absolute Gasteiger partial charge is 0.497 e. The molecule has 0 N–H and O–H groups in total. The van der Waals surface area contributed by atoms with Gasteiger partial charge in [0.2, 0.25) is 0 Å². The topological polar surface area (TPSA) is 84.2 Å². The molecule has 0 saturated heterocycles. The number of hydrogen-bond donors (Lipinski definition) is 0. The van der Waals surface area contributed by atoms with Gasteiger partial charge >= 0.3 is 11.6 Å². The minimum atomic E-state index is -0.767. The van der Waals surface area contributed by atoms with Crippen molar-refractivity contribution in [3.8, 4) is 17.2 Å². The molecule has 32 heavy (non-hydrogen) atoms. The van der Waals surface area contributed by atoms with Gasteiger partial charge in [-0.25, -0.2) is 9.59 Å². The molecule has 1 atom stereocenters. The molecule has 0 unspecified atom stereocenters. The molecule has 1 aromatic heterocycles. The zero-order chi connectivity index (χ0) is 22.9. The molecule has 166 valence electrons. The van der Waals surface area contributed by atoms with E-state index in [1.807, 2.05) is 19.9 Å². The summed E-state index contributed by atoms with van der Waals surface area (Å²) in [5, 5.41) is 0.781. The molecule has 0 saturated carbocycles. The van der Waals surface area contributed by atoms with Gasteiger partial charge in [0.1, 0.15) is 34.5 Å². The number of rotatable bonds is 5. The maximum atomic E-state index is 12.6. The Bertz CT molecular complexity index is 1250. The normalized spacial score (nSPS) is 16.9. The Hall–Kier alpha value is -3.74. The molecule has 2 heterocycles. The zero-order valence-corrected chi connectivity index (χ0v) is 18.3. The van der Waals surface area contributed by atoms with E-state index >= 15 is 0 Å². The van der Waals surface area contributed by atoms with E-state index in [0.29, 0.717) is 29.3 Å². The average molecular weight is 436 g/mol. The van der Waals surface area contributed by atoms with Crippen molar-refractivity contribution in [3.63, 3.8) is 0 Å². The van der Waals surface area contributed by atoms with Crippen LogP contribution in [0.2, 0.25) is 0 Å². The highest BCUT2D eigenvalue weighted by Gasteiger charge is 2.39. The molecule has 0 bridgehead atoms. The molecule has 0 spiro atoms. The molecule has 0 radical (unpaired) electrons. The zero-order valence-electron chi connectivity index (χ0n) is 18.3. The van der Waals surface area contributed by atoms with Crippen molar-refractivity contribution in [2.75, 3.05) is 14.2 Å². The van der Waals surface area contributed by atoms with Gasteiger partial charge in [-0.1, -0.05) is 0 Å². The number of methoxy groups -OCH3 is 2. The minimum Gasteiger partial charge on any atom is -0.497 e. The quantitative estimate of drug-likeness (QED) is 0.337. The van der Waals surface area contributed by atoms with Crippen LogP contribution in [-0.4, -0.2) is 31.9 Å². The lowest BCUT2D eigenvalue weighted by atomic mass is 9.90. The van der Waals surface area contributed by atoms with E-state index in [2.05, 4.69) is 0 Å². The van der Waals surface area contributed by atoms with Crippen LogP contribution >= 0.6 is 0 Å². The van der Waals surface area contributed by atoms with Gasteiger partial charge in [-0.2, -0.15) is 0 Å². The molecule has 7 heteroatoms. The minimum absolute atomic E-state index is 0.417.